The maximum absolute atomic E-state index is 13.1. The lowest BCUT2D eigenvalue weighted by atomic mass is 10.0. The first kappa shape index (κ1) is 21.6. The van der Waals surface area contributed by atoms with E-state index in [4.69, 9.17) is 4.74 Å². The first-order valence-electron chi connectivity index (χ1n) is 10.2. The second kappa shape index (κ2) is 8.73. The van der Waals surface area contributed by atoms with Gasteiger partial charge < -0.3 is 15.0 Å². The Kier molecular flexibility index (Phi) is 6.29. The summed E-state index contributed by atoms with van der Waals surface area (Å²) in [5, 5.41) is 7.59. The number of hydrogen-bond acceptors (Lipinski definition) is 4. The third kappa shape index (κ3) is 5.49. The van der Waals surface area contributed by atoms with Crippen molar-refractivity contribution in [2.24, 2.45) is 0 Å². The number of ether oxygens (including phenoxy) is 1. The van der Waals surface area contributed by atoms with Crippen molar-refractivity contribution < 1.29 is 19.1 Å². The van der Waals surface area contributed by atoms with Crippen molar-refractivity contribution >= 4 is 34.4 Å². The predicted octanol–water partition coefficient (Wildman–Crippen LogP) is 3.93. The number of hydrogen-bond donors (Lipinski definition) is 2. The molecule has 3 amide bonds. The molecule has 30 heavy (non-hydrogen) atoms. The van der Waals surface area contributed by atoms with Crippen molar-refractivity contribution in [1.29, 1.82) is 0 Å². The first-order valence-corrected chi connectivity index (χ1v) is 10.2. The fourth-order valence-electron chi connectivity index (χ4n) is 3.55. The van der Waals surface area contributed by atoms with Gasteiger partial charge in [0.1, 0.15) is 5.60 Å². The number of anilines is 1. The fourth-order valence-corrected chi connectivity index (χ4v) is 3.55. The first-order chi connectivity index (χ1) is 14.1. The number of carbonyl (C=O) groups is 3. The molecule has 0 aromatic heterocycles. The molecule has 7 heteroatoms. The summed E-state index contributed by atoms with van der Waals surface area (Å²) >= 11 is 0. The van der Waals surface area contributed by atoms with Crippen LogP contribution in [0.25, 0.3) is 10.8 Å². The van der Waals surface area contributed by atoms with Gasteiger partial charge in [0.15, 0.2) is 0 Å². The highest BCUT2D eigenvalue weighted by molar-refractivity contribution is 6.07. The summed E-state index contributed by atoms with van der Waals surface area (Å²) in [5.41, 5.74) is 0.142. The molecule has 0 aliphatic carbocycles. The van der Waals surface area contributed by atoms with Crippen LogP contribution in [0.2, 0.25) is 0 Å². The second-order valence-corrected chi connectivity index (χ2v) is 8.63. The van der Waals surface area contributed by atoms with Crippen LogP contribution in [-0.2, 0) is 9.53 Å². The SMILES string of the molecule is CC(=O)N1CCC(NC(=O)c2cc3ccccc3cc2NC(=O)OC(C)(C)C)CC1. The van der Waals surface area contributed by atoms with Crippen LogP contribution in [0.4, 0.5) is 10.5 Å². The number of nitrogens with zero attached hydrogens (tertiary/aromatic N) is 1. The minimum Gasteiger partial charge on any atom is -0.444 e. The summed E-state index contributed by atoms with van der Waals surface area (Å²) < 4.78 is 5.35. The number of amides is 3. The van der Waals surface area contributed by atoms with Gasteiger partial charge in [-0.25, -0.2) is 4.79 Å². The summed E-state index contributed by atoms with van der Waals surface area (Å²) in [6.45, 7) is 8.17. The molecule has 1 aliphatic rings. The highest BCUT2D eigenvalue weighted by atomic mass is 16.6. The number of carbonyl (C=O) groups excluding carboxylic acids is 3. The van der Waals surface area contributed by atoms with Crippen LogP contribution in [0.15, 0.2) is 36.4 Å². The number of fused-ring (bicyclic) bond motifs is 1. The normalized spacial score (nSPS) is 15.0. The molecule has 0 bridgehead atoms. The third-order valence-corrected chi connectivity index (χ3v) is 5.04. The lowest BCUT2D eigenvalue weighted by Crippen LogP contribution is -2.46. The van der Waals surface area contributed by atoms with Crippen molar-refractivity contribution in [2.45, 2.75) is 52.2 Å². The Morgan fingerprint density at radius 2 is 1.63 bits per heavy atom. The van der Waals surface area contributed by atoms with Crippen molar-refractivity contribution in [3.8, 4) is 0 Å². The van der Waals surface area contributed by atoms with Crippen LogP contribution in [0.3, 0.4) is 0 Å². The zero-order chi connectivity index (χ0) is 21.9. The standard InChI is InChI=1S/C23H29N3O4/c1-15(27)26-11-9-18(10-12-26)24-21(28)19-13-16-7-5-6-8-17(16)14-20(19)25-22(29)30-23(2,3)4/h5-8,13-14,18H,9-12H2,1-4H3,(H,24,28)(H,25,29). The largest absolute Gasteiger partial charge is 0.444 e. The molecule has 3 rings (SSSR count). The zero-order valence-corrected chi connectivity index (χ0v) is 18.0. The van der Waals surface area contributed by atoms with Crippen LogP contribution >= 0.6 is 0 Å². The average Bonchev–Trinajstić information content (AvgIpc) is 2.66. The molecule has 0 saturated carbocycles. The molecule has 0 unspecified atom stereocenters. The van der Waals surface area contributed by atoms with Gasteiger partial charge in [-0.1, -0.05) is 24.3 Å². The van der Waals surface area contributed by atoms with E-state index in [9.17, 15) is 14.4 Å². The van der Waals surface area contributed by atoms with Crippen LogP contribution in [0.1, 0.15) is 50.9 Å². The van der Waals surface area contributed by atoms with E-state index in [-0.39, 0.29) is 17.9 Å². The molecular weight excluding hydrogens is 382 g/mol. The van der Waals surface area contributed by atoms with Gasteiger partial charge in [-0.2, -0.15) is 0 Å². The Labute approximate surface area is 176 Å². The van der Waals surface area contributed by atoms with Gasteiger partial charge >= 0.3 is 6.09 Å². The third-order valence-electron chi connectivity index (χ3n) is 5.04. The Balaban J connectivity index is 1.81. The summed E-state index contributed by atoms with van der Waals surface area (Å²) in [5.74, 6) is -0.203. The van der Waals surface area contributed by atoms with Crippen LogP contribution in [-0.4, -0.2) is 47.5 Å². The molecule has 2 aromatic carbocycles. The van der Waals surface area contributed by atoms with Crippen LogP contribution < -0.4 is 10.6 Å². The molecule has 0 spiro atoms. The highest BCUT2D eigenvalue weighted by Gasteiger charge is 2.24. The molecule has 7 nitrogen and oxygen atoms in total. The van der Waals surface area contributed by atoms with E-state index < -0.39 is 11.7 Å². The van der Waals surface area contributed by atoms with E-state index >= 15 is 0 Å². The fraction of sp³-hybridized carbons (Fsp3) is 0.435. The molecule has 2 aromatic rings. The zero-order valence-electron chi connectivity index (χ0n) is 18.0. The quantitative estimate of drug-likeness (QED) is 0.801. The number of likely N-dealkylation sites (tertiary alicyclic amines) is 1. The maximum atomic E-state index is 13.1. The minimum atomic E-state index is -0.645. The van der Waals surface area contributed by atoms with E-state index in [1.807, 2.05) is 24.3 Å². The molecule has 1 fully saturated rings. The van der Waals surface area contributed by atoms with E-state index in [2.05, 4.69) is 10.6 Å². The molecule has 1 saturated heterocycles. The topological polar surface area (TPSA) is 87.7 Å². The average molecular weight is 412 g/mol. The van der Waals surface area contributed by atoms with Crippen LogP contribution in [0.5, 0.6) is 0 Å². The Morgan fingerprint density at radius 3 is 2.20 bits per heavy atom. The van der Waals surface area contributed by atoms with Crippen molar-refractivity contribution in [3.05, 3.63) is 42.0 Å². The van der Waals surface area contributed by atoms with Gasteiger partial charge in [0.05, 0.1) is 11.3 Å². The van der Waals surface area contributed by atoms with Gasteiger partial charge in [-0.05, 0) is 56.5 Å². The van der Waals surface area contributed by atoms with Crippen molar-refractivity contribution in [1.82, 2.24) is 10.2 Å². The van der Waals surface area contributed by atoms with Gasteiger partial charge in [0.25, 0.3) is 5.91 Å². The molecule has 1 aliphatic heterocycles. The summed E-state index contributed by atoms with van der Waals surface area (Å²) in [4.78, 5) is 38.7. The van der Waals surface area contributed by atoms with Gasteiger partial charge in [0, 0.05) is 26.1 Å². The Morgan fingerprint density at radius 1 is 1.03 bits per heavy atom. The number of rotatable bonds is 3. The number of benzene rings is 2. The highest BCUT2D eigenvalue weighted by Crippen LogP contribution is 2.25. The second-order valence-electron chi connectivity index (χ2n) is 8.63. The summed E-state index contributed by atoms with van der Waals surface area (Å²) in [6.07, 6.45) is 0.795. The lowest BCUT2D eigenvalue weighted by molar-refractivity contribution is -0.129. The number of piperidine rings is 1. The van der Waals surface area contributed by atoms with E-state index in [1.165, 1.54) is 0 Å². The van der Waals surface area contributed by atoms with Gasteiger partial charge in [-0.3, -0.25) is 14.9 Å². The molecule has 0 atom stereocenters. The van der Waals surface area contributed by atoms with Gasteiger partial charge in [0.2, 0.25) is 5.91 Å². The van der Waals surface area contributed by atoms with E-state index in [1.54, 1.807) is 44.7 Å². The molecule has 1 heterocycles. The Bertz CT molecular complexity index is 957. The summed E-state index contributed by atoms with van der Waals surface area (Å²) in [6, 6.07) is 11.2. The number of nitrogens with one attached hydrogen (secondary N) is 2. The van der Waals surface area contributed by atoms with E-state index in [0.29, 0.717) is 37.2 Å². The lowest BCUT2D eigenvalue weighted by Gasteiger charge is -2.31. The molecule has 0 radical (unpaired) electrons. The molecule has 160 valence electrons. The van der Waals surface area contributed by atoms with Crippen molar-refractivity contribution in [2.75, 3.05) is 18.4 Å². The summed E-state index contributed by atoms with van der Waals surface area (Å²) in [7, 11) is 0. The van der Waals surface area contributed by atoms with Gasteiger partial charge in [-0.15, -0.1) is 0 Å². The Hall–Kier alpha value is -3.09. The maximum Gasteiger partial charge on any atom is 0.412 e. The monoisotopic (exact) mass is 411 g/mol. The van der Waals surface area contributed by atoms with Crippen molar-refractivity contribution in [3.63, 3.8) is 0 Å². The van der Waals surface area contributed by atoms with E-state index in [0.717, 1.165) is 10.8 Å². The minimum absolute atomic E-state index is 0.0195. The van der Waals surface area contributed by atoms with Crippen LogP contribution in [0, 0.1) is 0 Å². The molecular formula is C23H29N3O4. The smallest absolute Gasteiger partial charge is 0.412 e. The predicted molar refractivity (Wildman–Crippen MR) is 117 cm³/mol. The molecule has 2 N–H and O–H groups in total.